The second-order valence-electron chi connectivity index (χ2n) is 8.95. The summed E-state index contributed by atoms with van der Waals surface area (Å²) in [7, 11) is -3.95. The lowest BCUT2D eigenvalue weighted by Gasteiger charge is -2.28. The first kappa shape index (κ1) is 26.4. The molecule has 0 spiro atoms. The molecular formula is C27H31ClN2O5S. The minimum atomic E-state index is -3.95. The Balaban J connectivity index is 1.56. The van der Waals surface area contributed by atoms with Crippen LogP contribution in [0, 0.1) is 6.92 Å². The van der Waals surface area contributed by atoms with Crippen LogP contribution < -0.4 is 0 Å². The minimum absolute atomic E-state index is 0.0928. The van der Waals surface area contributed by atoms with Crippen molar-refractivity contribution in [2.24, 2.45) is 0 Å². The van der Waals surface area contributed by atoms with Crippen LogP contribution in [0.5, 0.6) is 0 Å². The summed E-state index contributed by atoms with van der Waals surface area (Å²) in [6.07, 6.45) is 2.02. The quantitative estimate of drug-likeness (QED) is 0.359. The van der Waals surface area contributed by atoms with E-state index in [1.165, 1.54) is 28.6 Å². The molecule has 0 N–H and O–H groups in total. The largest absolute Gasteiger partial charge is 0.464 e. The molecule has 1 aromatic heterocycles. The summed E-state index contributed by atoms with van der Waals surface area (Å²) in [5.74, 6) is 1.11. The molecule has 192 valence electrons. The van der Waals surface area contributed by atoms with Crippen molar-refractivity contribution in [1.29, 1.82) is 0 Å². The van der Waals surface area contributed by atoms with Crippen LogP contribution in [0.25, 0.3) is 0 Å². The number of nitrogens with zero attached hydrogens (tertiary/aromatic N) is 2. The summed E-state index contributed by atoms with van der Waals surface area (Å²) in [6.45, 7) is 2.95. The molecule has 0 unspecified atom stereocenters. The van der Waals surface area contributed by atoms with Crippen molar-refractivity contribution >= 4 is 27.5 Å². The first-order valence-electron chi connectivity index (χ1n) is 12.1. The highest BCUT2D eigenvalue weighted by atomic mass is 35.5. The van der Waals surface area contributed by atoms with E-state index in [1.807, 2.05) is 49.4 Å². The smallest absolute Gasteiger partial charge is 0.243 e. The van der Waals surface area contributed by atoms with E-state index < -0.39 is 10.0 Å². The van der Waals surface area contributed by atoms with Gasteiger partial charge in [0.2, 0.25) is 15.9 Å². The average Bonchev–Trinajstić information content (AvgIpc) is 3.53. The molecule has 3 aromatic rings. The monoisotopic (exact) mass is 530 g/mol. The Labute approximate surface area is 217 Å². The van der Waals surface area contributed by atoms with Crippen LogP contribution in [0.4, 0.5) is 0 Å². The number of furan rings is 1. The predicted molar refractivity (Wildman–Crippen MR) is 138 cm³/mol. The number of sulfonamides is 1. The topological polar surface area (TPSA) is 80.1 Å². The zero-order valence-corrected chi connectivity index (χ0v) is 21.9. The van der Waals surface area contributed by atoms with E-state index in [4.69, 9.17) is 20.8 Å². The van der Waals surface area contributed by atoms with Gasteiger partial charge in [-0.1, -0.05) is 41.9 Å². The molecule has 36 heavy (non-hydrogen) atoms. The number of hydrogen-bond acceptors (Lipinski definition) is 5. The lowest BCUT2D eigenvalue weighted by Crippen LogP contribution is -2.45. The zero-order valence-electron chi connectivity index (χ0n) is 20.3. The molecule has 1 amide bonds. The molecule has 1 aliphatic heterocycles. The van der Waals surface area contributed by atoms with Crippen LogP contribution in [0.15, 0.2) is 76.0 Å². The molecule has 2 aromatic carbocycles. The number of hydrogen-bond donors (Lipinski definition) is 0. The Morgan fingerprint density at radius 1 is 1.06 bits per heavy atom. The van der Waals surface area contributed by atoms with Crippen molar-refractivity contribution in [2.45, 2.75) is 43.7 Å². The fraction of sp³-hybridized carbons (Fsp3) is 0.370. The highest BCUT2D eigenvalue weighted by Gasteiger charge is 2.32. The Kier molecular flexibility index (Phi) is 8.85. The van der Waals surface area contributed by atoms with Gasteiger partial charge >= 0.3 is 0 Å². The molecule has 9 heteroatoms. The lowest BCUT2D eigenvalue weighted by atomic mass is 10.1. The maximum atomic E-state index is 13.6. The highest BCUT2D eigenvalue weighted by molar-refractivity contribution is 7.89. The van der Waals surface area contributed by atoms with Crippen LogP contribution in [-0.2, 0) is 32.5 Å². The fourth-order valence-electron chi connectivity index (χ4n) is 4.23. The Bertz CT molecular complexity index is 1240. The third-order valence-electron chi connectivity index (χ3n) is 6.20. The number of aryl methyl sites for hydroxylation is 1. The fourth-order valence-corrected chi connectivity index (χ4v) is 5.78. The van der Waals surface area contributed by atoms with Gasteiger partial charge in [0.05, 0.1) is 24.1 Å². The van der Waals surface area contributed by atoms with Gasteiger partial charge in [-0.3, -0.25) is 4.79 Å². The van der Waals surface area contributed by atoms with Gasteiger partial charge in [0.1, 0.15) is 11.5 Å². The zero-order chi connectivity index (χ0) is 25.5. The van der Waals surface area contributed by atoms with E-state index in [-0.39, 0.29) is 36.5 Å². The first-order chi connectivity index (χ1) is 17.3. The molecule has 1 saturated heterocycles. The van der Waals surface area contributed by atoms with Crippen LogP contribution in [0.2, 0.25) is 5.02 Å². The van der Waals surface area contributed by atoms with E-state index >= 15 is 0 Å². The molecule has 0 saturated carbocycles. The maximum Gasteiger partial charge on any atom is 0.243 e. The van der Waals surface area contributed by atoms with Crippen LogP contribution in [-0.4, -0.2) is 55.9 Å². The molecule has 7 nitrogen and oxygen atoms in total. The molecule has 1 fully saturated rings. The molecule has 1 aliphatic rings. The predicted octanol–water partition coefficient (Wildman–Crippen LogP) is 4.68. The number of benzene rings is 2. The molecule has 0 aliphatic carbocycles. The Morgan fingerprint density at radius 3 is 2.44 bits per heavy atom. The number of carbonyl (C=O) groups excluding carboxylic acids is 1. The van der Waals surface area contributed by atoms with Gasteiger partial charge in [0.15, 0.2) is 0 Å². The van der Waals surface area contributed by atoms with Gasteiger partial charge in [-0.25, -0.2) is 8.42 Å². The summed E-state index contributed by atoms with van der Waals surface area (Å²) >= 11 is 5.97. The van der Waals surface area contributed by atoms with Crippen molar-refractivity contribution in [3.05, 3.63) is 88.8 Å². The van der Waals surface area contributed by atoms with Crippen molar-refractivity contribution < 1.29 is 22.4 Å². The van der Waals surface area contributed by atoms with Gasteiger partial charge in [-0.2, -0.15) is 4.31 Å². The van der Waals surface area contributed by atoms with Crippen LogP contribution in [0.1, 0.15) is 29.9 Å². The van der Waals surface area contributed by atoms with Gasteiger partial charge in [0.25, 0.3) is 0 Å². The normalized spacial score (nSPS) is 15.9. The van der Waals surface area contributed by atoms with E-state index in [2.05, 4.69) is 0 Å². The number of carbonyl (C=O) groups is 1. The van der Waals surface area contributed by atoms with Crippen LogP contribution >= 0.6 is 11.6 Å². The standard InChI is InChI=1S/C27H31ClN2O5S/c1-21-9-12-25(35-21)18-29(16-15-22-6-3-2-4-7-22)27(31)20-30(19-24-8-5-17-34-24)36(32,33)26-13-10-23(28)11-14-26/h2-4,6-7,9-14,24H,5,8,15-20H2,1H3/t24-/m1/s1. The average molecular weight is 531 g/mol. The number of halogens is 1. The highest BCUT2D eigenvalue weighted by Crippen LogP contribution is 2.22. The van der Waals surface area contributed by atoms with E-state index in [0.717, 1.165) is 24.2 Å². The van der Waals surface area contributed by atoms with E-state index in [0.29, 0.717) is 30.4 Å². The van der Waals surface area contributed by atoms with Gasteiger partial charge in [-0.05, 0) is 68.1 Å². The molecule has 1 atom stereocenters. The third-order valence-corrected chi connectivity index (χ3v) is 8.28. The Hall–Kier alpha value is -2.65. The minimum Gasteiger partial charge on any atom is -0.464 e. The molecule has 0 bridgehead atoms. The van der Waals surface area contributed by atoms with Crippen molar-refractivity contribution in [2.75, 3.05) is 26.2 Å². The SMILES string of the molecule is Cc1ccc(CN(CCc2ccccc2)C(=O)CN(C[C@H]2CCCO2)S(=O)(=O)c2ccc(Cl)cc2)o1. The van der Waals surface area contributed by atoms with Gasteiger partial charge in [-0.15, -0.1) is 0 Å². The second-order valence-corrected chi connectivity index (χ2v) is 11.3. The maximum absolute atomic E-state index is 13.6. The number of ether oxygens (including phenoxy) is 1. The summed E-state index contributed by atoms with van der Waals surface area (Å²) in [4.78, 5) is 15.4. The van der Waals surface area contributed by atoms with Crippen molar-refractivity contribution in [3.63, 3.8) is 0 Å². The summed E-state index contributed by atoms with van der Waals surface area (Å²) in [5, 5.41) is 0.441. The number of amides is 1. The first-order valence-corrected chi connectivity index (χ1v) is 13.9. The Morgan fingerprint density at radius 2 is 1.81 bits per heavy atom. The van der Waals surface area contributed by atoms with Crippen LogP contribution in [0.3, 0.4) is 0 Å². The molecule has 2 heterocycles. The van der Waals surface area contributed by atoms with Crippen molar-refractivity contribution in [3.8, 4) is 0 Å². The van der Waals surface area contributed by atoms with Crippen molar-refractivity contribution in [1.82, 2.24) is 9.21 Å². The lowest BCUT2D eigenvalue weighted by molar-refractivity contribution is -0.132. The second kappa shape index (κ2) is 12.1. The molecular weight excluding hydrogens is 500 g/mol. The van der Waals surface area contributed by atoms with E-state index in [1.54, 1.807) is 4.90 Å². The number of rotatable bonds is 11. The summed E-state index contributed by atoms with van der Waals surface area (Å²) < 4.78 is 39.8. The molecule has 0 radical (unpaired) electrons. The van der Waals surface area contributed by atoms with E-state index in [9.17, 15) is 13.2 Å². The van der Waals surface area contributed by atoms with Gasteiger partial charge in [0, 0.05) is 24.7 Å². The summed E-state index contributed by atoms with van der Waals surface area (Å²) in [5.41, 5.74) is 1.09. The third kappa shape index (κ3) is 6.97. The summed E-state index contributed by atoms with van der Waals surface area (Å²) in [6, 6.07) is 19.6. The van der Waals surface area contributed by atoms with Gasteiger partial charge < -0.3 is 14.1 Å². The molecule has 4 rings (SSSR count).